The van der Waals surface area contributed by atoms with Crippen molar-refractivity contribution in [3.05, 3.63) is 66.7 Å². The zero-order valence-electron chi connectivity index (χ0n) is 15.3. The average Bonchev–Trinajstić information content (AvgIpc) is 3.11. The van der Waals surface area contributed by atoms with Crippen molar-refractivity contribution in [2.75, 3.05) is 7.11 Å². The summed E-state index contributed by atoms with van der Waals surface area (Å²) in [7, 11) is -2.65. The van der Waals surface area contributed by atoms with E-state index in [2.05, 4.69) is 11.7 Å². The average molecular weight is 402 g/mol. The molecule has 0 aliphatic rings. The first-order valence-corrected chi connectivity index (χ1v) is 9.90. The molecule has 0 spiro atoms. The lowest BCUT2D eigenvalue weighted by Crippen LogP contribution is -2.13. The molecule has 0 bridgehead atoms. The second kappa shape index (κ2) is 7.57. The minimum Gasteiger partial charge on any atom is -0.494 e. The highest BCUT2D eigenvalue weighted by atomic mass is 32.2. The van der Waals surface area contributed by atoms with Crippen LogP contribution in [0.1, 0.15) is 18.6 Å². The molecule has 6 nitrogen and oxygen atoms in total. The molecule has 1 aromatic heterocycles. The number of ether oxygens (including phenoxy) is 1. The first-order valence-electron chi connectivity index (χ1n) is 8.36. The first-order chi connectivity index (χ1) is 13.3. The number of hydrogen-bond donors (Lipinski definition) is 1. The van der Waals surface area contributed by atoms with E-state index < -0.39 is 15.8 Å². The van der Waals surface area contributed by atoms with Gasteiger partial charge in [0.15, 0.2) is 17.3 Å². The fraction of sp³-hybridized carbons (Fsp3) is 0.150. The summed E-state index contributed by atoms with van der Waals surface area (Å²) in [5.41, 5.74) is 1.44. The first kappa shape index (κ1) is 19.8. The van der Waals surface area contributed by atoms with Gasteiger partial charge in [-0.05, 0) is 24.3 Å². The Kier molecular flexibility index (Phi) is 5.35. The Morgan fingerprint density at radius 1 is 1.29 bits per heavy atom. The molecule has 2 aromatic carbocycles. The molecular weight excluding hydrogens is 383 g/mol. The summed E-state index contributed by atoms with van der Waals surface area (Å²) >= 11 is 0. The number of halogens is 1. The largest absolute Gasteiger partial charge is 0.494 e. The van der Waals surface area contributed by atoms with E-state index in [0.717, 1.165) is 0 Å². The fourth-order valence-corrected chi connectivity index (χ4v) is 3.66. The van der Waals surface area contributed by atoms with Gasteiger partial charge < -0.3 is 9.26 Å². The summed E-state index contributed by atoms with van der Waals surface area (Å²) in [4.78, 5) is -0.0778. The van der Waals surface area contributed by atoms with Gasteiger partial charge in [0.2, 0.25) is 10.0 Å². The van der Waals surface area contributed by atoms with Crippen LogP contribution in [0.3, 0.4) is 0 Å². The van der Waals surface area contributed by atoms with Gasteiger partial charge in [-0.25, -0.2) is 17.9 Å². The number of methoxy groups -OCH3 is 1. The third-order valence-electron chi connectivity index (χ3n) is 4.37. The quantitative estimate of drug-likeness (QED) is 0.627. The Labute approximate surface area is 162 Å². The smallest absolute Gasteiger partial charge is 0.238 e. The van der Waals surface area contributed by atoms with E-state index in [-0.39, 0.29) is 16.6 Å². The number of rotatable bonds is 6. The van der Waals surface area contributed by atoms with Crippen LogP contribution >= 0.6 is 0 Å². The minimum atomic E-state index is -4.02. The second-order valence-corrected chi connectivity index (χ2v) is 7.72. The lowest BCUT2D eigenvalue weighted by molar-refractivity contribution is 0.380. The van der Waals surface area contributed by atoms with Gasteiger partial charge in [0.1, 0.15) is 5.69 Å². The molecule has 1 atom stereocenters. The third-order valence-corrected chi connectivity index (χ3v) is 5.34. The van der Waals surface area contributed by atoms with Crippen LogP contribution in [-0.2, 0) is 10.0 Å². The number of nitrogens with two attached hydrogens (primary N) is 1. The number of nitrogens with zero attached hydrogens (tertiary/aromatic N) is 1. The minimum absolute atomic E-state index is 0.0778. The van der Waals surface area contributed by atoms with E-state index in [1.807, 2.05) is 6.92 Å². The molecule has 0 aliphatic carbocycles. The number of allylic oxidation sites excluding steroid dienone is 1. The number of benzene rings is 2. The highest BCUT2D eigenvalue weighted by Crippen LogP contribution is 2.41. The number of primary sulfonamides is 1. The van der Waals surface area contributed by atoms with Crippen molar-refractivity contribution in [2.45, 2.75) is 17.7 Å². The SMILES string of the molecule is C=CC(C)c1onc(-c2ccc(OC)c(F)c2)c1-c1ccccc1S(N)(=O)=O. The maximum atomic E-state index is 14.3. The van der Waals surface area contributed by atoms with Crippen LogP contribution in [0.4, 0.5) is 4.39 Å². The van der Waals surface area contributed by atoms with Gasteiger partial charge in [0, 0.05) is 17.0 Å². The predicted octanol–water partition coefficient (Wildman–Crippen LogP) is 4.09. The monoisotopic (exact) mass is 402 g/mol. The zero-order chi connectivity index (χ0) is 20.5. The molecule has 1 heterocycles. The molecule has 28 heavy (non-hydrogen) atoms. The summed E-state index contributed by atoms with van der Waals surface area (Å²) in [6, 6.07) is 10.6. The van der Waals surface area contributed by atoms with Gasteiger partial charge in [0.25, 0.3) is 0 Å². The highest BCUT2D eigenvalue weighted by molar-refractivity contribution is 7.89. The lowest BCUT2D eigenvalue weighted by Gasteiger charge is -2.11. The van der Waals surface area contributed by atoms with Gasteiger partial charge >= 0.3 is 0 Å². The molecule has 0 fully saturated rings. The molecule has 0 saturated carbocycles. The molecule has 0 saturated heterocycles. The van der Waals surface area contributed by atoms with Gasteiger partial charge in [0.05, 0.1) is 17.6 Å². The predicted molar refractivity (Wildman–Crippen MR) is 104 cm³/mol. The number of hydrogen-bond acceptors (Lipinski definition) is 5. The maximum Gasteiger partial charge on any atom is 0.238 e. The van der Waals surface area contributed by atoms with Crippen molar-refractivity contribution < 1.29 is 22.1 Å². The molecule has 2 N–H and O–H groups in total. The number of aromatic nitrogens is 1. The summed E-state index contributed by atoms with van der Waals surface area (Å²) in [6.45, 7) is 5.58. The Hall–Kier alpha value is -2.97. The maximum absolute atomic E-state index is 14.3. The lowest BCUT2D eigenvalue weighted by atomic mass is 9.94. The van der Waals surface area contributed by atoms with E-state index in [1.54, 1.807) is 30.3 Å². The standard InChI is InChI=1S/C20H19FN2O4S/c1-4-12(2)20-18(14-7-5-6-8-17(14)28(22,24)25)19(23-27-20)13-9-10-16(26-3)15(21)11-13/h4-12H,1H2,2-3H3,(H2,22,24,25). The van der Waals surface area contributed by atoms with E-state index in [9.17, 15) is 12.8 Å². The highest BCUT2D eigenvalue weighted by Gasteiger charge is 2.27. The van der Waals surface area contributed by atoms with Crippen LogP contribution in [0.5, 0.6) is 5.75 Å². The van der Waals surface area contributed by atoms with E-state index in [1.165, 1.54) is 25.3 Å². The topological polar surface area (TPSA) is 95.4 Å². The number of sulfonamides is 1. The fourth-order valence-electron chi connectivity index (χ4n) is 2.91. The molecule has 3 rings (SSSR count). The van der Waals surface area contributed by atoms with E-state index >= 15 is 0 Å². The van der Waals surface area contributed by atoms with E-state index in [0.29, 0.717) is 28.1 Å². The normalized spacial score (nSPS) is 12.6. The van der Waals surface area contributed by atoms with Gasteiger partial charge in [-0.2, -0.15) is 0 Å². The van der Waals surface area contributed by atoms with E-state index in [4.69, 9.17) is 14.4 Å². The Morgan fingerprint density at radius 2 is 2.00 bits per heavy atom. The van der Waals surface area contributed by atoms with Crippen molar-refractivity contribution in [2.24, 2.45) is 5.14 Å². The molecule has 1 unspecified atom stereocenters. The Morgan fingerprint density at radius 3 is 2.61 bits per heavy atom. The summed E-state index contributed by atoms with van der Waals surface area (Å²) < 4.78 is 48.9. The van der Waals surface area contributed by atoms with Crippen LogP contribution in [0, 0.1) is 5.82 Å². The van der Waals surface area contributed by atoms with Crippen molar-refractivity contribution in [1.82, 2.24) is 5.16 Å². The molecule has 0 aliphatic heterocycles. The molecular formula is C20H19FN2O4S. The van der Waals surface area contributed by atoms with Gasteiger partial charge in [-0.3, -0.25) is 0 Å². The van der Waals surface area contributed by atoms with Gasteiger partial charge in [-0.1, -0.05) is 36.4 Å². The van der Waals surface area contributed by atoms with Crippen LogP contribution in [0.15, 0.2) is 64.5 Å². The summed E-state index contributed by atoms with van der Waals surface area (Å²) in [5, 5.41) is 9.48. The zero-order valence-corrected chi connectivity index (χ0v) is 16.2. The summed E-state index contributed by atoms with van der Waals surface area (Å²) in [6.07, 6.45) is 1.64. The van der Waals surface area contributed by atoms with Gasteiger partial charge in [-0.15, -0.1) is 6.58 Å². The molecule has 0 amide bonds. The molecule has 0 radical (unpaired) electrons. The van der Waals surface area contributed by atoms with Crippen molar-refractivity contribution in [3.63, 3.8) is 0 Å². The molecule has 3 aromatic rings. The Balaban J connectivity index is 2.34. The van der Waals surface area contributed by atoms with Crippen LogP contribution < -0.4 is 9.88 Å². The third kappa shape index (κ3) is 3.56. The molecule has 8 heteroatoms. The van der Waals surface area contributed by atoms with Crippen molar-refractivity contribution >= 4 is 10.0 Å². The van der Waals surface area contributed by atoms with Crippen LogP contribution in [0.2, 0.25) is 0 Å². The van der Waals surface area contributed by atoms with Crippen LogP contribution in [-0.4, -0.2) is 20.7 Å². The Bertz CT molecular complexity index is 1140. The second-order valence-electron chi connectivity index (χ2n) is 6.19. The molecule has 146 valence electrons. The summed E-state index contributed by atoms with van der Waals surface area (Å²) in [5.74, 6) is -0.365. The van der Waals surface area contributed by atoms with Crippen molar-refractivity contribution in [3.8, 4) is 28.1 Å². The van der Waals surface area contributed by atoms with Crippen molar-refractivity contribution in [1.29, 1.82) is 0 Å². The van der Waals surface area contributed by atoms with Crippen LogP contribution in [0.25, 0.3) is 22.4 Å².